The lowest BCUT2D eigenvalue weighted by molar-refractivity contribution is -0.111. The van der Waals surface area contributed by atoms with Gasteiger partial charge in [-0.2, -0.15) is 5.26 Å². The molecule has 138 valence electrons. The molecule has 1 fully saturated rings. The molecule has 6 heteroatoms. The van der Waals surface area contributed by atoms with Crippen molar-refractivity contribution in [2.75, 3.05) is 23.3 Å². The molecular formula is C22H19N5O. The fourth-order valence-corrected chi connectivity index (χ4v) is 3.29. The molecule has 1 saturated heterocycles. The number of hydrogen-bond donors (Lipinski definition) is 1. The Bertz CT molecular complexity index is 1090. The van der Waals surface area contributed by atoms with Crippen LogP contribution in [0.15, 0.2) is 54.6 Å². The summed E-state index contributed by atoms with van der Waals surface area (Å²) >= 11 is 0. The van der Waals surface area contributed by atoms with E-state index in [4.69, 9.17) is 10.2 Å². The van der Waals surface area contributed by atoms with Gasteiger partial charge in [0.25, 0.3) is 0 Å². The highest BCUT2D eigenvalue weighted by atomic mass is 16.1. The summed E-state index contributed by atoms with van der Waals surface area (Å²) in [6.07, 6.45) is 5.26. The number of fused-ring (bicyclic) bond motifs is 1. The molecule has 0 unspecified atom stereocenters. The molecule has 1 N–H and O–H groups in total. The summed E-state index contributed by atoms with van der Waals surface area (Å²) in [6, 6.07) is 16.9. The van der Waals surface area contributed by atoms with Crippen LogP contribution >= 0.6 is 0 Å². The molecule has 1 aromatic heterocycles. The van der Waals surface area contributed by atoms with Crippen LogP contribution in [0, 0.1) is 11.3 Å². The SMILES string of the molecule is N#Cc1ccccc1/C=C\C(=O)Nc1nc2ccccc2nc1N1CCCC1. The van der Waals surface area contributed by atoms with E-state index in [0.29, 0.717) is 22.8 Å². The molecule has 0 atom stereocenters. The Labute approximate surface area is 163 Å². The van der Waals surface area contributed by atoms with Crippen LogP contribution < -0.4 is 10.2 Å². The van der Waals surface area contributed by atoms with Gasteiger partial charge in [-0.15, -0.1) is 0 Å². The van der Waals surface area contributed by atoms with Crippen molar-refractivity contribution in [3.8, 4) is 6.07 Å². The van der Waals surface area contributed by atoms with E-state index < -0.39 is 0 Å². The quantitative estimate of drug-likeness (QED) is 0.708. The third kappa shape index (κ3) is 3.69. The Morgan fingerprint density at radius 2 is 1.71 bits per heavy atom. The highest BCUT2D eigenvalue weighted by molar-refractivity contribution is 6.03. The zero-order chi connectivity index (χ0) is 19.3. The molecule has 6 nitrogen and oxygen atoms in total. The predicted molar refractivity (Wildman–Crippen MR) is 110 cm³/mol. The summed E-state index contributed by atoms with van der Waals surface area (Å²) in [4.78, 5) is 24.0. The fraction of sp³-hybridized carbons (Fsp3) is 0.182. The number of para-hydroxylation sites is 2. The number of nitrogens with zero attached hydrogens (tertiary/aromatic N) is 4. The molecule has 2 heterocycles. The maximum atomic E-state index is 12.5. The minimum absolute atomic E-state index is 0.308. The standard InChI is InChI=1S/C22H19N5O/c23-15-17-8-2-1-7-16(17)11-12-20(28)26-21-22(27-13-5-6-14-27)25-19-10-4-3-9-18(19)24-21/h1-4,7-12H,5-6,13-14H2,(H,24,26,28)/b12-11-. The number of nitriles is 1. The van der Waals surface area contributed by atoms with Crippen LogP contribution in [-0.4, -0.2) is 29.0 Å². The third-order valence-electron chi connectivity index (χ3n) is 4.69. The van der Waals surface area contributed by atoms with Crippen LogP contribution in [0.3, 0.4) is 0 Å². The first-order valence-electron chi connectivity index (χ1n) is 9.24. The molecule has 0 saturated carbocycles. The smallest absolute Gasteiger partial charge is 0.249 e. The van der Waals surface area contributed by atoms with Gasteiger partial charge in [-0.3, -0.25) is 4.79 Å². The van der Waals surface area contributed by atoms with Gasteiger partial charge in [0.15, 0.2) is 11.6 Å². The van der Waals surface area contributed by atoms with Gasteiger partial charge in [-0.05, 0) is 42.7 Å². The van der Waals surface area contributed by atoms with Crippen LogP contribution in [0.25, 0.3) is 17.1 Å². The monoisotopic (exact) mass is 369 g/mol. The Kier molecular flexibility index (Phi) is 4.98. The maximum Gasteiger partial charge on any atom is 0.249 e. The maximum absolute atomic E-state index is 12.5. The number of carbonyl (C=O) groups excluding carboxylic acids is 1. The van der Waals surface area contributed by atoms with Gasteiger partial charge in [0.05, 0.1) is 22.7 Å². The minimum atomic E-state index is -0.308. The van der Waals surface area contributed by atoms with Crippen molar-refractivity contribution in [2.24, 2.45) is 0 Å². The first-order valence-corrected chi connectivity index (χ1v) is 9.24. The Hall–Kier alpha value is -3.72. The second-order valence-electron chi connectivity index (χ2n) is 6.60. The predicted octanol–water partition coefficient (Wildman–Crippen LogP) is 3.75. The second-order valence-corrected chi connectivity index (χ2v) is 6.60. The lowest BCUT2D eigenvalue weighted by Gasteiger charge is -2.19. The van der Waals surface area contributed by atoms with E-state index in [-0.39, 0.29) is 5.91 Å². The third-order valence-corrected chi connectivity index (χ3v) is 4.69. The number of hydrogen-bond acceptors (Lipinski definition) is 5. The molecule has 0 spiro atoms. The van der Waals surface area contributed by atoms with Crippen molar-refractivity contribution in [2.45, 2.75) is 12.8 Å². The summed E-state index contributed by atoms with van der Waals surface area (Å²) in [5.74, 6) is 0.858. The number of anilines is 2. The number of nitrogens with one attached hydrogen (secondary N) is 1. The van der Waals surface area contributed by atoms with Crippen molar-refractivity contribution >= 4 is 34.7 Å². The molecule has 3 aromatic rings. The van der Waals surface area contributed by atoms with Crippen LogP contribution in [-0.2, 0) is 4.79 Å². The van der Waals surface area contributed by atoms with E-state index in [1.807, 2.05) is 30.3 Å². The lowest BCUT2D eigenvalue weighted by atomic mass is 10.1. The zero-order valence-corrected chi connectivity index (χ0v) is 15.3. The van der Waals surface area contributed by atoms with Gasteiger partial charge in [0, 0.05) is 19.2 Å². The lowest BCUT2D eigenvalue weighted by Crippen LogP contribution is -2.22. The van der Waals surface area contributed by atoms with Crippen molar-refractivity contribution < 1.29 is 4.79 Å². The number of amides is 1. The van der Waals surface area contributed by atoms with Crippen LogP contribution in [0.2, 0.25) is 0 Å². The van der Waals surface area contributed by atoms with Gasteiger partial charge in [0.2, 0.25) is 5.91 Å². The van der Waals surface area contributed by atoms with Gasteiger partial charge in [-0.25, -0.2) is 9.97 Å². The molecule has 0 radical (unpaired) electrons. The molecule has 4 rings (SSSR count). The average Bonchev–Trinajstić information content (AvgIpc) is 3.26. The molecule has 1 aliphatic heterocycles. The Balaban J connectivity index is 1.62. The van der Waals surface area contributed by atoms with E-state index in [1.54, 1.807) is 24.3 Å². The van der Waals surface area contributed by atoms with Gasteiger partial charge < -0.3 is 10.2 Å². The van der Waals surface area contributed by atoms with Gasteiger partial charge in [-0.1, -0.05) is 30.3 Å². The van der Waals surface area contributed by atoms with Crippen molar-refractivity contribution in [3.05, 3.63) is 65.7 Å². The number of benzene rings is 2. The highest BCUT2D eigenvalue weighted by Crippen LogP contribution is 2.27. The molecule has 0 aliphatic carbocycles. The second kappa shape index (κ2) is 7.89. The normalized spacial score (nSPS) is 13.8. The number of rotatable bonds is 4. The van der Waals surface area contributed by atoms with Crippen LogP contribution in [0.1, 0.15) is 24.0 Å². The van der Waals surface area contributed by atoms with Gasteiger partial charge in [0.1, 0.15) is 0 Å². The summed E-state index contributed by atoms with van der Waals surface area (Å²) in [7, 11) is 0. The summed E-state index contributed by atoms with van der Waals surface area (Å²) in [6.45, 7) is 1.81. The summed E-state index contributed by atoms with van der Waals surface area (Å²) in [5, 5.41) is 12.0. The van der Waals surface area contributed by atoms with E-state index in [9.17, 15) is 4.79 Å². The van der Waals surface area contributed by atoms with E-state index >= 15 is 0 Å². The van der Waals surface area contributed by atoms with Crippen LogP contribution in [0.5, 0.6) is 0 Å². The zero-order valence-electron chi connectivity index (χ0n) is 15.3. The number of carbonyl (C=O) groups is 1. The first-order chi connectivity index (χ1) is 13.7. The largest absolute Gasteiger partial charge is 0.354 e. The van der Waals surface area contributed by atoms with E-state index in [0.717, 1.165) is 37.0 Å². The fourth-order valence-electron chi connectivity index (χ4n) is 3.29. The van der Waals surface area contributed by atoms with Crippen molar-refractivity contribution in [1.29, 1.82) is 5.26 Å². The van der Waals surface area contributed by atoms with E-state index in [1.165, 1.54) is 6.08 Å². The number of aromatic nitrogens is 2. The first kappa shape index (κ1) is 17.7. The molecule has 1 amide bonds. The average molecular weight is 369 g/mol. The van der Waals surface area contributed by atoms with Gasteiger partial charge >= 0.3 is 0 Å². The molecular weight excluding hydrogens is 350 g/mol. The molecule has 0 bridgehead atoms. The topological polar surface area (TPSA) is 81.9 Å². The summed E-state index contributed by atoms with van der Waals surface area (Å²) < 4.78 is 0. The Morgan fingerprint density at radius 3 is 2.46 bits per heavy atom. The molecule has 28 heavy (non-hydrogen) atoms. The van der Waals surface area contributed by atoms with E-state index in [2.05, 4.69) is 21.3 Å². The molecule has 2 aromatic carbocycles. The van der Waals surface area contributed by atoms with Crippen molar-refractivity contribution in [1.82, 2.24) is 9.97 Å². The minimum Gasteiger partial charge on any atom is -0.354 e. The highest BCUT2D eigenvalue weighted by Gasteiger charge is 2.20. The van der Waals surface area contributed by atoms with Crippen LogP contribution in [0.4, 0.5) is 11.6 Å². The van der Waals surface area contributed by atoms with Crippen molar-refractivity contribution in [3.63, 3.8) is 0 Å². The molecule has 1 aliphatic rings. The Morgan fingerprint density at radius 1 is 1.04 bits per heavy atom. The summed E-state index contributed by atoms with van der Waals surface area (Å²) in [5.41, 5.74) is 2.76.